The summed E-state index contributed by atoms with van der Waals surface area (Å²) in [6, 6.07) is 8.24. The summed E-state index contributed by atoms with van der Waals surface area (Å²) in [6.45, 7) is 7.94. The van der Waals surface area contributed by atoms with Crippen LogP contribution < -0.4 is 20.9 Å². The van der Waals surface area contributed by atoms with Crippen LogP contribution in [0.15, 0.2) is 24.3 Å². The lowest BCUT2D eigenvalue weighted by Crippen LogP contribution is -2.51. The molecule has 0 atom stereocenters. The van der Waals surface area contributed by atoms with Crippen LogP contribution in [0.4, 0.5) is 10.5 Å². The van der Waals surface area contributed by atoms with E-state index in [1.165, 1.54) is 11.3 Å². The molecule has 0 aromatic heterocycles. The molecule has 3 N–H and O–H groups in total. The fraction of sp³-hybridized carbons (Fsp3) is 0.609. The highest BCUT2D eigenvalue weighted by atomic mass is 16.2. The van der Waals surface area contributed by atoms with Gasteiger partial charge in [-0.05, 0) is 63.3 Å². The number of urea groups is 1. The van der Waals surface area contributed by atoms with E-state index < -0.39 is 11.6 Å². The van der Waals surface area contributed by atoms with Gasteiger partial charge in [-0.25, -0.2) is 4.79 Å². The van der Waals surface area contributed by atoms with Crippen LogP contribution in [0.3, 0.4) is 0 Å². The summed E-state index contributed by atoms with van der Waals surface area (Å²) >= 11 is 0. The molecular formula is C23H33N5O3. The van der Waals surface area contributed by atoms with E-state index >= 15 is 0 Å². The number of anilines is 1. The number of hydrogen-bond acceptors (Lipinski definition) is 5. The number of hydrogen-bond donors (Lipinski definition) is 3. The predicted molar refractivity (Wildman–Crippen MR) is 119 cm³/mol. The molecule has 0 unspecified atom stereocenters. The van der Waals surface area contributed by atoms with Gasteiger partial charge in [0.1, 0.15) is 5.54 Å². The second kappa shape index (κ2) is 9.26. The first-order chi connectivity index (χ1) is 14.9. The highest BCUT2D eigenvalue weighted by Crippen LogP contribution is 2.34. The van der Waals surface area contributed by atoms with Gasteiger partial charge in [-0.1, -0.05) is 12.1 Å². The molecule has 0 bridgehead atoms. The fourth-order valence-corrected chi connectivity index (χ4v) is 4.97. The number of nitrogens with zero attached hydrogens (tertiary/aromatic N) is 2. The first-order valence-electron chi connectivity index (χ1n) is 11.4. The van der Waals surface area contributed by atoms with Crippen molar-refractivity contribution >= 4 is 23.5 Å². The molecule has 0 radical (unpaired) electrons. The number of piperazine rings is 1. The van der Waals surface area contributed by atoms with Crippen molar-refractivity contribution in [3.8, 4) is 0 Å². The molecule has 1 aromatic carbocycles. The summed E-state index contributed by atoms with van der Waals surface area (Å²) in [5.74, 6) is -0.253. The van der Waals surface area contributed by atoms with Gasteiger partial charge in [0.15, 0.2) is 0 Å². The molecule has 1 aliphatic carbocycles. The van der Waals surface area contributed by atoms with E-state index in [4.69, 9.17) is 0 Å². The van der Waals surface area contributed by atoms with E-state index in [0.717, 1.165) is 39.1 Å². The molecule has 168 valence electrons. The zero-order valence-electron chi connectivity index (χ0n) is 18.3. The maximum absolute atomic E-state index is 12.5. The molecule has 2 aliphatic heterocycles. The Kier molecular flexibility index (Phi) is 6.46. The third kappa shape index (κ3) is 5.01. The Labute approximate surface area is 183 Å². The predicted octanol–water partition coefficient (Wildman–Crippen LogP) is 1.39. The molecule has 3 fully saturated rings. The van der Waals surface area contributed by atoms with E-state index in [0.29, 0.717) is 32.2 Å². The Morgan fingerprint density at radius 1 is 1.16 bits per heavy atom. The summed E-state index contributed by atoms with van der Waals surface area (Å²) in [6.07, 6.45) is 3.23. The third-order valence-corrected chi connectivity index (χ3v) is 6.91. The maximum atomic E-state index is 12.5. The van der Waals surface area contributed by atoms with E-state index in [2.05, 4.69) is 56.9 Å². The van der Waals surface area contributed by atoms with Crippen LogP contribution in [0, 0.1) is 12.8 Å². The largest absolute Gasteiger partial charge is 0.369 e. The van der Waals surface area contributed by atoms with Crippen LogP contribution >= 0.6 is 0 Å². The number of amides is 4. The van der Waals surface area contributed by atoms with E-state index in [1.807, 2.05) is 0 Å². The Morgan fingerprint density at radius 3 is 2.55 bits per heavy atom. The first kappa shape index (κ1) is 21.6. The number of nitrogens with one attached hydrogen (secondary N) is 3. The summed E-state index contributed by atoms with van der Waals surface area (Å²) in [5, 5.41) is 8.12. The van der Waals surface area contributed by atoms with Crippen LogP contribution in [-0.2, 0) is 9.59 Å². The standard InChI is InChI=1S/C23H33N5O3/c1-17-4-2-5-19(16-17)28-14-12-27(13-15-28)11-3-10-24-20(29)18-6-8-23(9-7-18)21(30)25-22(31)26-23/h2,4-5,16,18H,3,6-15H2,1H3,(H,24,29)(H2,25,26,30,31). The van der Waals surface area contributed by atoms with Gasteiger partial charge in [0, 0.05) is 44.3 Å². The SMILES string of the molecule is Cc1cccc(N2CCN(CCCNC(=O)C3CCC4(CC3)NC(=O)NC4=O)CC2)c1. The maximum Gasteiger partial charge on any atom is 0.322 e. The minimum absolute atomic E-state index is 0.0730. The van der Waals surface area contributed by atoms with Crippen LogP contribution in [0.25, 0.3) is 0 Å². The molecule has 1 spiro atoms. The monoisotopic (exact) mass is 427 g/mol. The molecular weight excluding hydrogens is 394 g/mol. The molecule has 4 amide bonds. The quantitative estimate of drug-likeness (QED) is 0.471. The Morgan fingerprint density at radius 2 is 1.90 bits per heavy atom. The van der Waals surface area contributed by atoms with Crippen molar-refractivity contribution in [1.82, 2.24) is 20.9 Å². The average Bonchev–Trinajstić information content (AvgIpc) is 3.04. The Bertz CT molecular complexity index is 826. The number of benzene rings is 1. The highest BCUT2D eigenvalue weighted by Gasteiger charge is 2.48. The van der Waals surface area contributed by atoms with Gasteiger partial charge >= 0.3 is 6.03 Å². The Balaban J connectivity index is 1.12. The summed E-state index contributed by atoms with van der Waals surface area (Å²) < 4.78 is 0. The smallest absolute Gasteiger partial charge is 0.322 e. The van der Waals surface area contributed by atoms with Crippen molar-refractivity contribution in [2.75, 3.05) is 44.2 Å². The average molecular weight is 428 g/mol. The van der Waals surface area contributed by atoms with Gasteiger partial charge in [0.25, 0.3) is 5.91 Å². The lowest BCUT2D eigenvalue weighted by atomic mass is 9.76. The van der Waals surface area contributed by atoms with Crippen LogP contribution in [0.5, 0.6) is 0 Å². The number of imide groups is 1. The summed E-state index contributed by atoms with van der Waals surface area (Å²) in [5.41, 5.74) is 1.80. The molecule has 2 saturated heterocycles. The van der Waals surface area contributed by atoms with Crippen molar-refractivity contribution < 1.29 is 14.4 Å². The van der Waals surface area contributed by atoms with Gasteiger partial charge in [0.2, 0.25) is 5.91 Å². The van der Waals surface area contributed by atoms with E-state index in [1.54, 1.807) is 0 Å². The second-order valence-electron chi connectivity index (χ2n) is 9.08. The molecule has 1 saturated carbocycles. The number of carbonyl (C=O) groups is 3. The molecule has 8 heteroatoms. The van der Waals surface area contributed by atoms with Gasteiger partial charge in [-0.3, -0.25) is 19.8 Å². The normalized spacial score (nSPS) is 26.6. The topological polar surface area (TPSA) is 93.8 Å². The molecule has 2 heterocycles. The minimum Gasteiger partial charge on any atom is -0.369 e. The van der Waals surface area contributed by atoms with Gasteiger partial charge in [-0.15, -0.1) is 0 Å². The van der Waals surface area contributed by atoms with E-state index in [9.17, 15) is 14.4 Å². The molecule has 4 rings (SSSR count). The van der Waals surface area contributed by atoms with Crippen molar-refractivity contribution in [2.45, 2.75) is 44.6 Å². The van der Waals surface area contributed by atoms with Crippen molar-refractivity contribution in [3.63, 3.8) is 0 Å². The second-order valence-corrected chi connectivity index (χ2v) is 9.08. The molecule has 31 heavy (non-hydrogen) atoms. The molecule has 8 nitrogen and oxygen atoms in total. The zero-order chi connectivity index (χ0) is 21.8. The fourth-order valence-electron chi connectivity index (χ4n) is 4.97. The van der Waals surface area contributed by atoms with Crippen LogP contribution in [0.1, 0.15) is 37.7 Å². The summed E-state index contributed by atoms with van der Waals surface area (Å²) in [4.78, 5) is 40.8. The van der Waals surface area contributed by atoms with Crippen molar-refractivity contribution in [1.29, 1.82) is 0 Å². The number of rotatable bonds is 6. The first-order valence-corrected chi connectivity index (χ1v) is 11.4. The van der Waals surface area contributed by atoms with Gasteiger partial charge in [-0.2, -0.15) is 0 Å². The zero-order valence-corrected chi connectivity index (χ0v) is 18.3. The lowest BCUT2D eigenvalue weighted by Gasteiger charge is -2.36. The molecule has 3 aliphatic rings. The highest BCUT2D eigenvalue weighted by molar-refractivity contribution is 6.07. The van der Waals surface area contributed by atoms with Crippen LogP contribution in [0.2, 0.25) is 0 Å². The van der Waals surface area contributed by atoms with Crippen molar-refractivity contribution in [3.05, 3.63) is 29.8 Å². The number of carbonyl (C=O) groups excluding carboxylic acids is 3. The third-order valence-electron chi connectivity index (χ3n) is 6.91. The van der Waals surface area contributed by atoms with Crippen molar-refractivity contribution in [2.24, 2.45) is 5.92 Å². The number of aryl methyl sites for hydroxylation is 1. The van der Waals surface area contributed by atoms with Crippen LogP contribution in [-0.4, -0.2) is 67.6 Å². The van der Waals surface area contributed by atoms with Gasteiger partial charge in [0.05, 0.1) is 0 Å². The Hall–Kier alpha value is -2.61. The minimum atomic E-state index is -0.797. The lowest BCUT2D eigenvalue weighted by molar-refractivity contribution is -0.130. The van der Waals surface area contributed by atoms with Gasteiger partial charge < -0.3 is 15.5 Å². The molecule has 1 aromatic rings. The summed E-state index contributed by atoms with van der Waals surface area (Å²) in [7, 11) is 0. The van der Waals surface area contributed by atoms with E-state index in [-0.39, 0.29) is 17.7 Å².